The van der Waals surface area contributed by atoms with Crippen LogP contribution in [0.3, 0.4) is 0 Å². The monoisotopic (exact) mass is 389 g/mol. The fourth-order valence-corrected chi connectivity index (χ4v) is 2.98. The van der Waals surface area contributed by atoms with Crippen molar-refractivity contribution in [2.45, 2.75) is 31.7 Å². The highest BCUT2D eigenvalue weighted by Gasteiger charge is 2.23. The van der Waals surface area contributed by atoms with Gasteiger partial charge in [0.15, 0.2) is 0 Å². The van der Waals surface area contributed by atoms with Crippen LogP contribution in [0.5, 0.6) is 11.5 Å². The zero-order valence-corrected chi connectivity index (χ0v) is 16.1. The minimum absolute atomic E-state index is 0.0953. The van der Waals surface area contributed by atoms with Crippen molar-refractivity contribution in [3.05, 3.63) is 59.4 Å². The van der Waals surface area contributed by atoms with Gasteiger partial charge in [-0.05, 0) is 35.7 Å². The van der Waals surface area contributed by atoms with Crippen LogP contribution in [0.25, 0.3) is 0 Å². The lowest BCUT2D eigenvalue weighted by Gasteiger charge is -2.21. The van der Waals surface area contributed by atoms with E-state index in [9.17, 15) is 19.1 Å². The number of hydrogen-bond donors (Lipinski definition) is 2. The summed E-state index contributed by atoms with van der Waals surface area (Å²) in [5, 5.41) is 12.0. The summed E-state index contributed by atoms with van der Waals surface area (Å²) in [5.74, 6) is -0.998. The van der Waals surface area contributed by atoms with Crippen LogP contribution in [0.4, 0.5) is 4.39 Å². The van der Waals surface area contributed by atoms with Crippen molar-refractivity contribution >= 4 is 11.9 Å². The van der Waals surface area contributed by atoms with Gasteiger partial charge >= 0.3 is 5.97 Å². The number of carboxylic acid groups (broad SMARTS) is 1. The number of nitrogens with one attached hydrogen (secondary N) is 1. The molecular weight excluding hydrogens is 365 g/mol. The molecule has 0 aromatic heterocycles. The van der Waals surface area contributed by atoms with Crippen LogP contribution in [0.2, 0.25) is 0 Å². The third-order valence-electron chi connectivity index (χ3n) is 4.44. The molecular formula is C21H24FNO5. The number of rotatable bonds is 9. The summed E-state index contributed by atoms with van der Waals surface area (Å²) < 4.78 is 23.9. The standard InChI is InChI=1S/C21H24FNO5/c1-13(14-5-4-6-15(22)10-14)9-20(24)23-18(12-21(25)26)17-8-7-16(27-2)11-19(17)28-3/h4-8,10-11,13,18H,9,12H2,1-3H3,(H,23,24)(H,25,26). The third kappa shape index (κ3) is 5.70. The van der Waals surface area contributed by atoms with Gasteiger partial charge in [0, 0.05) is 18.1 Å². The van der Waals surface area contributed by atoms with Crippen molar-refractivity contribution in [2.75, 3.05) is 14.2 Å². The van der Waals surface area contributed by atoms with Crippen molar-refractivity contribution in [3.63, 3.8) is 0 Å². The molecule has 0 aliphatic heterocycles. The number of carbonyl (C=O) groups is 2. The van der Waals surface area contributed by atoms with Crippen LogP contribution < -0.4 is 14.8 Å². The van der Waals surface area contributed by atoms with E-state index in [1.54, 1.807) is 30.3 Å². The Hall–Kier alpha value is -3.09. The minimum atomic E-state index is -1.05. The van der Waals surface area contributed by atoms with Crippen LogP contribution in [-0.4, -0.2) is 31.2 Å². The third-order valence-corrected chi connectivity index (χ3v) is 4.44. The number of benzene rings is 2. The number of halogens is 1. The van der Waals surface area contributed by atoms with E-state index in [0.29, 0.717) is 22.6 Å². The van der Waals surface area contributed by atoms with E-state index >= 15 is 0 Å². The Labute approximate surface area is 163 Å². The first kappa shape index (κ1) is 21.2. The van der Waals surface area contributed by atoms with Crippen molar-refractivity contribution in [2.24, 2.45) is 0 Å². The average molecular weight is 389 g/mol. The number of carboxylic acids is 1. The fourth-order valence-electron chi connectivity index (χ4n) is 2.98. The molecule has 7 heteroatoms. The maximum Gasteiger partial charge on any atom is 0.305 e. The lowest BCUT2D eigenvalue weighted by atomic mass is 9.96. The molecule has 2 aromatic carbocycles. The maximum absolute atomic E-state index is 13.4. The molecule has 2 atom stereocenters. The first-order chi connectivity index (χ1) is 13.3. The highest BCUT2D eigenvalue weighted by molar-refractivity contribution is 5.78. The summed E-state index contributed by atoms with van der Waals surface area (Å²) in [7, 11) is 2.97. The Balaban J connectivity index is 2.17. The van der Waals surface area contributed by atoms with Crippen LogP contribution in [-0.2, 0) is 9.59 Å². The van der Waals surface area contributed by atoms with Gasteiger partial charge in [0.25, 0.3) is 0 Å². The van der Waals surface area contributed by atoms with Gasteiger partial charge in [-0.1, -0.05) is 19.1 Å². The van der Waals surface area contributed by atoms with Gasteiger partial charge in [-0.15, -0.1) is 0 Å². The van der Waals surface area contributed by atoms with Crippen LogP contribution in [0.1, 0.15) is 42.9 Å². The predicted molar refractivity (Wildman–Crippen MR) is 102 cm³/mol. The summed E-state index contributed by atoms with van der Waals surface area (Å²) in [6.45, 7) is 1.81. The van der Waals surface area contributed by atoms with Crippen molar-refractivity contribution in [1.29, 1.82) is 0 Å². The molecule has 2 aromatic rings. The van der Waals surface area contributed by atoms with E-state index in [4.69, 9.17) is 9.47 Å². The van der Waals surface area contributed by atoms with Gasteiger partial charge in [-0.2, -0.15) is 0 Å². The second kappa shape index (κ2) is 9.73. The van der Waals surface area contributed by atoms with E-state index in [0.717, 1.165) is 0 Å². The Kier molecular flexibility index (Phi) is 7.37. The molecule has 150 valence electrons. The summed E-state index contributed by atoms with van der Waals surface area (Å²) >= 11 is 0. The predicted octanol–water partition coefficient (Wildman–Crippen LogP) is 3.67. The number of aliphatic carboxylic acids is 1. The molecule has 0 aliphatic carbocycles. The Morgan fingerprint density at radius 2 is 1.86 bits per heavy atom. The van der Waals surface area contributed by atoms with Crippen LogP contribution >= 0.6 is 0 Å². The summed E-state index contributed by atoms with van der Waals surface area (Å²) in [5.41, 5.74) is 1.24. The number of ether oxygens (including phenoxy) is 2. The molecule has 2 N–H and O–H groups in total. The van der Waals surface area contributed by atoms with Gasteiger partial charge in [-0.3, -0.25) is 9.59 Å². The number of hydrogen-bond acceptors (Lipinski definition) is 4. The molecule has 0 heterocycles. The summed E-state index contributed by atoms with van der Waals surface area (Å²) in [4.78, 5) is 23.8. The van der Waals surface area contributed by atoms with Crippen LogP contribution in [0, 0.1) is 5.82 Å². The largest absolute Gasteiger partial charge is 0.497 e. The normalized spacial score (nSPS) is 12.7. The van der Waals surface area contributed by atoms with Gasteiger partial charge in [0.1, 0.15) is 17.3 Å². The van der Waals surface area contributed by atoms with E-state index in [-0.39, 0.29) is 30.5 Å². The van der Waals surface area contributed by atoms with Crippen molar-refractivity contribution < 1.29 is 28.6 Å². The van der Waals surface area contributed by atoms with Crippen molar-refractivity contribution in [3.8, 4) is 11.5 Å². The SMILES string of the molecule is COc1ccc(C(CC(=O)O)NC(=O)CC(C)c2cccc(F)c2)c(OC)c1. The lowest BCUT2D eigenvalue weighted by molar-refractivity contribution is -0.137. The van der Waals surface area contributed by atoms with Gasteiger partial charge in [0.2, 0.25) is 5.91 Å². The number of methoxy groups -OCH3 is 2. The molecule has 0 spiro atoms. The van der Waals surface area contributed by atoms with E-state index in [1.807, 2.05) is 6.92 Å². The van der Waals surface area contributed by atoms with E-state index in [1.165, 1.54) is 26.4 Å². The quantitative estimate of drug-likeness (QED) is 0.684. The molecule has 0 radical (unpaired) electrons. The zero-order valence-electron chi connectivity index (χ0n) is 16.1. The second-order valence-corrected chi connectivity index (χ2v) is 6.49. The molecule has 0 saturated heterocycles. The smallest absolute Gasteiger partial charge is 0.305 e. The molecule has 0 saturated carbocycles. The molecule has 0 bridgehead atoms. The molecule has 0 fully saturated rings. The Bertz CT molecular complexity index is 839. The molecule has 2 rings (SSSR count). The lowest BCUT2D eigenvalue weighted by Crippen LogP contribution is -2.31. The average Bonchev–Trinajstić information content (AvgIpc) is 2.66. The fraction of sp³-hybridized carbons (Fsp3) is 0.333. The maximum atomic E-state index is 13.4. The molecule has 6 nitrogen and oxygen atoms in total. The number of amides is 1. The van der Waals surface area contributed by atoms with Crippen molar-refractivity contribution in [1.82, 2.24) is 5.32 Å². The zero-order chi connectivity index (χ0) is 20.7. The molecule has 1 amide bonds. The van der Waals surface area contributed by atoms with E-state index in [2.05, 4.69) is 5.32 Å². The van der Waals surface area contributed by atoms with Gasteiger partial charge in [-0.25, -0.2) is 4.39 Å². The first-order valence-electron chi connectivity index (χ1n) is 8.82. The topological polar surface area (TPSA) is 84.9 Å². The van der Waals surface area contributed by atoms with Crippen LogP contribution in [0.15, 0.2) is 42.5 Å². The number of carbonyl (C=O) groups excluding carboxylic acids is 1. The molecule has 0 aliphatic rings. The minimum Gasteiger partial charge on any atom is -0.497 e. The second-order valence-electron chi connectivity index (χ2n) is 6.49. The highest BCUT2D eigenvalue weighted by atomic mass is 19.1. The van der Waals surface area contributed by atoms with E-state index < -0.39 is 12.0 Å². The molecule has 2 unspecified atom stereocenters. The van der Waals surface area contributed by atoms with Gasteiger partial charge < -0.3 is 19.9 Å². The highest BCUT2D eigenvalue weighted by Crippen LogP contribution is 2.31. The Morgan fingerprint density at radius 3 is 2.46 bits per heavy atom. The first-order valence-corrected chi connectivity index (χ1v) is 8.82. The Morgan fingerprint density at radius 1 is 1.11 bits per heavy atom. The van der Waals surface area contributed by atoms with Gasteiger partial charge in [0.05, 0.1) is 26.7 Å². The summed E-state index contributed by atoms with van der Waals surface area (Å²) in [6.07, 6.45) is -0.208. The molecule has 28 heavy (non-hydrogen) atoms. The summed E-state index contributed by atoms with van der Waals surface area (Å²) in [6, 6.07) is 10.3.